The summed E-state index contributed by atoms with van der Waals surface area (Å²) in [6.45, 7) is 0.647. The third-order valence-electron chi connectivity index (χ3n) is 0.617. The SMILES string of the molecule is S=C1CNC(=S)[N]1. The molecule has 1 saturated heterocycles. The Bertz CT molecular complexity index is 106. The van der Waals surface area contributed by atoms with E-state index in [4.69, 9.17) is 0 Å². The van der Waals surface area contributed by atoms with Crippen molar-refractivity contribution in [2.45, 2.75) is 0 Å². The van der Waals surface area contributed by atoms with Gasteiger partial charge in [-0.05, 0) is 12.2 Å². The topological polar surface area (TPSA) is 26.1 Å². The highest BCUT2D eigenvalue weighted by Crippen LogP contribution is 1.82. The van der Waals surface area contributed by atoms with Crippen LogP contribution in [0.3, 0.4) is 0 Å². The smallest absolute Gasteiger partial charge is 0.194 e. The summed E-state index contributed by atoms with van der Waals surface area (Å²) in [7, 11) is 0. The van der Waals surface area contributed by atoms with Gasteiger partial charge in [0.05, 0.1) is 6.54 Å². The van der Waals surface area contributed by atoms with Gasteiger partial charge >= 0.3 is 0 Å². The Morgan fingerprint density at radius 1 is 1.57 bits per heavy atom. The van der Waals surface area contributed by atoms with Crippen LogP contribution in [0.1, 0.15) is 0 Å². The van der Waals surface area contributed by atoms with Gasteiger partial charge in [0.2, 0.25) is 0 Å². The molecule has 1 fully saturated rings. The third kappa shape index (κ3) is 1.07. The molecule has 1 N–H and O–H groups in total. The predicted molar refractivity (Wildman–Crippen MR) is 35.3 cm³/mol. The van der Waals surface area contributed by atoms with Gasteiger partial charge in [-0.3, -0.25) is 0 Å². The fourth-order valence-corrected chi connectivity index (χ4v) is 0.747. The molecule has 0 aromatic heterocycles. The van der Waals surface area contributed by atoms with Gasteiger partial charge in [-0.2, -0.15) is 0 Å². The van der Waals surface area contributed by atoms with Crippen LogP contribution in [-0.2, 0) is 0 Å². The molecule has 4 heteroatoms. The Kier molecular flexibility index (Phi) is 1.21. The van der Waals surface area contributed by atoms with Gasteiger partial charge in [0, 0.05) is 0 Å². The second-order valence-electron chi connectivity index (χ2n) is 1.16. The molecule has 0 bridgehead atoms. The van der Waals surface area contributed by atoms with E-state index in [-0.39, 0.29) is 0 Å². The molecule has 1 rings (SSSR count). The van der Waals surface area contributed by atoms with Crippen LogP contribution in [0, 0.1) is 0 Å². The Morgan fingerprint density at radius 2 is 2.29 bits per heavy atom. The van der Waals surface area contributed by atoms with E-state index in [1.54, 1.807) is 0 Å². The van der Waals surface area contributed by atoms with Crippen LogP contribution in [0.25, 0.3) is 0 Å². The van der Waals surface area contributed by atoms with Crippen molar-refractivity contribution in [1.29, 1.82) is 0 Å². The zero-order valence-electron chi connectivity index (χ0n) is 3.47. The number of nitrogens with zero attached hydrogens (tertiary/aromatic N) is 1. The normalized spacial score (nSPS) is 18.9. The van der Waals surface area contributed by atoms with E-state index in [0.717, 1.165) is 0 Å². The average molecular weight is 131 g/mol. The van der Waals surface area contributed by atoms with Crippen LogP contribution in [0.15, 0.2) is 0 Å². The molecule has 0 unspecified atom stereocenters. The fraction of sp³-hybridized carbons (Fsp3) is 0.333. The lowest BCUT2D eigenvalue weighted by atomic mass is 10.7. The number of rotatable bonds is 0. The molecular formula is C3H3N2S2. The molecule has 37 valence electrons. The van der Waals surface area contributed by atoms with Crippen LogP contribution in [0.2, 0.25) is 0 Å². The van der Waals surface area contributed by atoms with Crippen molar-refractivity contribution in [3.05, 3.63) is 0 Å². The molecule has 1 aliphatic rings. The number of nitrogens with one attached hydrogen (secondary N) is 1. The van der Waals surface area contributed by atoms with Crippen molar-refractivity contribution >= 4 is 34.5 Å². The van der Waals surface area contributed by atoms with E-state index in [9.17, 15) is 0 Å². The lowest BCUT2D eigenvalue weighted by molar-refractivity contribution is 1.15. The van der Waals surface area contributed by atoms with Crippen molar-refractivity contribution in [2.75, 3.05) is 6.54 Å². The lowest BCUT2D eigenvalue weighted by Crippen LogP contribution is -2.15. The second kappa shape index (κ2) is 1.71. The van der Waals surface area contributed by atoms with E-state index in [1.165, 1.54) is 0 Å². The summed E-state index contributed by atoms with van der Waals surface area (Å²) in [5.74, 6) is 0. The van der Waals surface area contributed by atoms with Gasteiger partial charge < -0.3 is 5.32 Å². The first-order valence-corrected chi connectivity index (χ1v) is 2.63. The van der Waals surface area contributed by atoms with Crippen molar-refractivity contribution in [1.82, 2.24) is 10.6 Å². The highest BCUT2D eigenvalue weighted by molar-refractivity contribution is 7.82. The van der Waals surface area contributed by atoms with Gasteiger partial charge in [-0.1, -0.05) is 12.2 Å². The third-order valence-corrected chi connectivity index (χ3v) is 1.09. The van der Waals surface area contributed by atoms with Crippen molar-refractivity contribution in [3.63, 3.8) is 0 Å². The van der Waals surface area contributed by atoms with Crippen molar-refractivity contribution in [3.8, 4) is 0 Å². The Labute approximate surface area is 52.3 Å². The minimum absolute atomic E-state index is 0.519. The van der Waals surface area contributed by atoms with E-state index in [1.807, 2.05) is 0 Å². The summed E-state index contributed by atoms with van der Waals surface area (Å²) < 4.78 is 0. The van der Waals surface area contributed by atoms with E-state index >= 15 is 0 Å². The minimum Gasteiger partial charge on any atom is -0.354 e. The summed E-state index contributed by atoms with van der Waals surface area (Å²) in [6.07, 6.45) is 0. The maximum absolute atomic E-state index is 4.68. The maximum atomic E-state index is 4.68. The Morgan fingerprint density at radius 3 is 2.43 bits per heavy atom. The Balaban J connectivity index is 2.55. The number of hydrogen-bond acceptors (Lipinski definition) is 2. The standard InChI is InChI=1S/C3H3N2S2/c6-2-1-4-3(7)5-2/h1H2,(H,4,7). The molecule has 1 radical (unpaired) electrons. The van der Waals surface area contributed by atoms with E-state index < -0.39 is 0 Å². The molecule has 0 amide bonds. The summed E-state index contributed by atoms with van der Waals surface area (Å²) in [6, 6.07) is 0. The molecule has 0 atom stereocenters. The van der Waals surface area contributed by atoms with E-state index in [0.29, 0.717) is 16.6 Å². The first-order chi connectivity index (χ1) is 3.29. The number of hydrogen-bond donors (Lipinski definition) is 1. The molecular weight excluding hydrogens is 128 g/mol. The van der Waals surface area contributed by atoms with Gasteiger partial charge in [0.15, 0.2) is 5.11 Å². The van der Waals surface area contributed by atoms with Crippen molar-refractivity contribution in [2.24, 2.45) is 0 Å². The Hall–Kier alpha value is -0.220. The summed E-state index contributed by atoms with van der Waals surface area (Å²) in [5, 5.41) is 7.05. The highest BCUT2D eigenvalue weighted by atomic mass is 32.1. The number of thiocarbonyl (C=S) groups is 2. The highest BCUT2D eigenvalue weighted by Gasteiger charge is 2.09. The second-order valence-corrected chi connectivity index (χ2v) is 2.02. The first-order valence-electron chi connectivity index (χ1n) is 1.81. The van der Waals surface area contributed by atoms with Crippen LogP contribution >= 0.6 is 24.4 Å². The van der Waals surface area contributed by atoms with Gasteiger partial charge in [0.25, 0.3) is 0 Å². The van der Waals surface area contributed by atoms with Gasteiger partial charge in [-0.25, -0.2) is 5.32 Å². The lowest BCUT2D eigenvalue weighted by Gasteiger charge is -1.81. The molecule has 1 aliphatic heterocycles. The van der Waals surface area contributed by atoms with Crippen molar-refractivity contribution < 1.29 is 0 Å². The van der Waals surface area contributed by atoms with E-state index in [2.05, 4.69) is 35.1 Å². The quantitative estimate of drug-likeness (QED) is 0.461. The fourth-order valence-electron chi connectivity index (χ4n) is 0.344. The van der Waals surface area contributed by atoms with Gasteiger partial charge in [-0.15, -0.1) is 0 Å². The largest absolute Gasteiger partial charge is 0.354 e. The molecule has 2 nitrogen and oxygen atoms in total. The zero-order valence-corrected chi connectivity index (χ0v) is 5.10. The minimum atomic E-state index is 0.519. The summed E-state index contributed by atoms with van der Waals surface area (Å²) in [5.41, 5.74) is 0. The van der Waals surface area contributed by atoms with Crippen LogP contribution in [-0.4, -0.2) is 16.6 Å². The van der Waals surface area contributed by atoms with Gasteiger partial charge in [0.1, 0.15) is 4.99 Å². The van der Waals surface area contributed by atoms with Crippen LogP contribution in [0.5, 0.6) is 0 Å². The zero-order chi connectivity index (χ0) is 5.28. The molecule has 0 aliphatic carbocycles. The summed E-state index contributed by atoms with van der Waals surface area (Å²) >= 11 is 9.31. The molecule has 0 aromatic rings. The molecule has 0 aromatic carbocycles. The molecule has 1 heterocycles. The monoisotopic (exact) mass is 131 g/mol. The maximum Gasteiger partial charge on any atom is 0.194 e. The van der Waals surface area contributed by atoms with Crippen LogP contribution in [0.4, 0.5) is 0 Å². The predicted octanol–water partition coefficient (Wildman–Crippen LogP) is -0.194. The first kappa shape index (κ1) is 4.93. The molecule has 0 saturated carbocycles. The van der Waals surface area contributed by atoms with Crippen LogP contribution < -0.4 is 10.6 Å². The molecule has 7 heavy (non-hydrogen) atoms. The summed E-state index contributed by atoms with van der Waals surface area (Å²) in [4.78, 5) is 0.657. The average Bonchev–Trinajstić information content (AvgIpc) is 1.87. The molecule has 0 spiro atoms.